The third-order valence-corrected chi connectivity index (χ3v) is 5.04. The van der Waals surface area contributed by atoms with Crippen molar-refractivity contribution in [2.24, 2.45) is 5.92 Å². The van der Waals surface area contributed by atoms with Crippen LogP contribution in [0.3, 0.4) is 0 Å². The number of nitrogens with one attached hydrogen (secondary N) is 1. The molecule has 130 valence electrons. The molecule has 0 bridgehead atoms. The summed E-state index contributed by atoms with van der Waals surface area (Å²) in [7, 11) is 0. The van der Waals surface area contributed by atoms with E-state index in [1.807, 2.05) is 4.90 Å². The Morgan fingerprint density at radius 3 is 2.79 bits per heavy atom. The van der Waals surface area contributed by atoms with Crippen LogP contribution in [0.5, 0.6) is 0 Å². The first-order valence-corrected chi connectivity index (χ1v) is 8.54. The lowest BCUT2D eigenvalue weighted by molar-refractivity contribution is -0.130. The summed E-state index contributed by atoms with van der Waals surface area (Å²) < 4.78 is 13.4. The van der Waals surface area contributed by atoms with Crippen LogP contribution in [0.2, 0.25) is 0 Å². The Hall–Kier alpha value is -1.95. The standard InChI is InChI=1S/C18H23FN2O3/c19-16-6-5-12(7-14(16)11-22)9-20-18(24)13-8-17(23)21(10-13)15-3-1-2-4-15/h5-7,13,15,22H,1-4,8-11H2,(H,20,24). The number of aliphatic hydroxyl groups excluding tert-OH is 1. The van der Waals surface area contributed by atoms with E-state index in [1.54, 1.807) is 12.1 Å². The monoisotopic (exact) mass is 334 g/mol. The van der Waals surface area contributed by atoms with Gasteiger partial charge in [0.25, 0.3) is 0 Å². The highest BCUT2D eigenvalue weighted by Crippen LogP contribution is 2.29. The maximum atomic E-state index is 13.4. The van der Waals surface area contributed by atoms with Crippen LogP contribution in [-0.4, -0.2) is 34.4 Å². The van der Waals surface area contributed by atoms with E-state index in [0.717, 1.165) is 31.2 Å². The minimum atomic E-state index is -0.457. The topological polar surface area (TPSA) is 69.6 Å². The molecule has 2 fully saturated rings. The largest absolute Gasteiger partial charge is 0.392 e. The molecule has 1 aliphatic heterocycles. The molecule has 1 aromatic carbocycles. The van der Waals surface area contributed by atoms with Crippen LogP contribution in [0.25, 0.3) is 0 Å². The van der Waals surface area contributed by atoms with Crippen molar-refractivity contribution in [2.45, 2.75) is 51.3 Å². The van der Waals surface area contributed by atoms with E-state index < -0.39 is 5.82 Å². The van der Waals surface area contributed by atoms with Gasteiger partial charge >= 0.3 is 0 Å². The molecule has 0 aromatic heterocycles. The zero-order valence-corrected chi connectivity index (χ0v) is 13.6. The minimum absolute atomic E-state index is 0.0754. The Kier molecular flexibility index (Phi) is 5.14. The van der Waals surface area contributed by atoms with Gasteiger partial charge in [0.2, 0.25) is 11.8 Å². The molecule has 0 spiro atoms. The Bertz CT molecular complexity index is 629. The van der Waals surface area contributed by atoms with Crippen LogP contribution in [0, 0.1) is 11.7 Å². The molecule has 2 N–H and O–H groups in total. The Morgan fingerprint density at radius 1 is 1.33 bits per heavy atom. The molecule has 0 radical (unpaired) electrons. The van der Waals surface area contributed by atoms with Crippen molar-refractivity contribution in [3.05, 3.63) is 35.1 Å². The number of carbonyl (C=O) groups excluding carboxylic acids is 2. The number of nitrogens with zero attached hydrogens (tertiary/aromatic N) is 1. The maximum Gasteiger partial charge on any atom is 0.225 e. The summed E-state index contributed by atoms with van der Waals surface area (Å²) in [6.07, 6.45) is 4.67. The zero-order valence-electron chi connectivity index (χ0n) is 13.6. The average molecular weight is 334 g/mol. The van der Waals surface area contributed by atoms with Crippen LogP contribution in [-0.2, 0) is 22.7 Å². The van der Waals surface area contributed by atoms with Crippen molar-refractivity contribution < 1.29 is 19.1 Å². The summed E-state index contributed by atoms with van der Waals surface area (Å²) in [5.74, 6) is -0.831. The summed E-state index contributed by atoms with van der Waals surface area (Å²) in [4.78, 5) is 26.4. The van der Waals surface area contributed by atoms with Gasteiger partial charge in [-0.2, -0.15) is 0 Å². The van der Waals surface area contributed by atoms with Gasteiger partial charge in [-0.1, -0.05) is 18.9 Å². The van der Waals surface area contributed by atoms with Gasteiger partial charge in [-0.05, 0) is 30.5 Å². The molecule has 1 unspecified atom stereocenters. The molecule has 2 aliphatic rings. The predicted molar refractivity (Wildman–Crippen MR) is 86.2 cm³/mol. The molecule has 1 aromatic rings. The quantitative estimate of drug-likeness (QED) is 0.861. The van der Waals surface area contributed by atoms with Gasteiger partial charge in [-0.15, -0.1) is 0 Å². The van der Waals surface area contributed by atoms with E-state index in [4.69, 9.17) is 5.11 Å². The third kappa shape index (κ3) is 3.59. The lowest BCUT2D eigenvalue weighted by Crippen LogP contribution is -2.36. The SMILES string of the molecule is O=C(NCc1ccc(F)c(CO)c1)C1CC(=O)N(C2CCCC2)C1. The molecule has 2 amide bonds. The first kappa shape index (κ1) is 16.9. The molecule has 24 heavy (non-hydrogen) atoms. The summed E-state index contributed by atoms with van der Waals surface area (Å²) in [6.45, 7) is 0.391. The Labute approximate surface area is 140 Å². The van der Waals surface area contributed by atoms with E-state index in [1.165, 1.54) is 6.07 Å². The second-order valence-electron chi connectivity index (χ2n) is 6.69. The summed E-state index contributed by atoms with van der Waals surface area (Å²) in [5, 5.41) is 11.9. The molecule has 1 aliphatic carbocycles. The minimum Gasteiger partial charge on any atom is -0.392 e. The number of benzene rings is 1. The number of halogens is 1. The van der Waals surface area contributed by atoms with Crippen LogP contribution in [0.1, 0.15) is 43.2 Å². The van der Waals surface area contributed by atoms with Crippen molar-refractivity contribution >= 4 is 11.8 Å². The van der Waals surface area contributed by atoms with Gasteiger partial charge < -0.3 is 15.3 Å². The second-order valence-corrected chi connectivity index (χ2v) is 6.69. The highest BCUT2D eigenvalue weighted by atomic mass is 19.1. The Balaban J connectivity index is 1.55. The van der Waals surface area contributed by atoms with Crippen LogP contribution >= 0.6 is 0 Å². The number of rotatable bonds is 5. The van der Waals surface area contributed by atoms with E-state index in [-0.39, 0.29) is 42.9 Å². The smallest absolute Gasteiger partial charge is 0.225 e. The highest BCUT2D eigenvalue weighted by molar-refractivity contribution is 5.89. The maximum absolute atomic E-state index is 13.4. The van der Waals surface area contributed by atoms with Crippen molar-refractivity contribution in [2.75, 3.05) is 6.54 Å². The van der Waals surface area contributed by atoms with E-state index in [0.29, 0.717) is 12.6 Å². The molecule has 3 rings (SSSR count). The Morgan fingerprint density at radius 2 is 2.08 bits per heavy atom. The van der Waals surface area contributed by atoms with Gasteiger partial charge in [0.05, 0.1) is 12.5 Å². The lowest BCUT2D eigenvalue weighted by atomic mass is 10.1. The first-order valence-electron chi connectivity index (χ1n) is 8.54. The number of hydrogen-bond donors (Lipinski definition) is 2. The number of carbonyl (C=O) groups is 2. The first-order chi connectivity index (χ1) is 11.6. The summed E-state index contributed by atoms with van der Waals surface area (Å²) in [5.41, 5.74) is 0.941. The second kappa shape index (κ2) is 7.30. The van der Waals surface area contributed by atoms with Crippen molar-refractivity contribution in [3.63, 3.8) is 0 Å². The van der Waals surface area contributed by atoms with Crippen LogP contribution < -0.4 is 5.32 Å². The van der Waals surface area contributed by atoms with Gasteiger partial charge in [0.15, 0.2) is 0 Å². The molecule has 1 atom stereocenters. The molecule has 5 nitrogen and oxygen atoms in total. The van der Waals surface area contributed by atoms with Crippen LogP contribution in [0.15, 0.2) is 18.2 Å². The predicted octanol–water partition coefficient (Wildman–Crippen LogP) is 1.73. The fourth-order valence-electron chi connectivity index (χ4n) is 3.67. The summed E-state index contributed by atoms with van der Waals surface area (Å²) >= 11 is 0. The third-order valence-electron chi connectivity index (χ3n) is 5.04. The molecular weight excluding hydrogens is 311 g/mol. The van der Waals surface area contributed by atoms with E-state index in [9.17, 15) is 14.0 Å². The number of likely N-dealkylation sites (tertiary alicyclic amines) is 1. The van der Waals surface area contributed by atoms with Gasteiger partial charge in [0, 0.05) is 31.1 Å². The fourth-order valence-corrected chi connectivity index (χ4v) is 3.67. The zero-order chi connectivity index (χ0) is 17.1. The fraction of sp³-hybridized carbons (Fsp3) is 0.556. The molecular formula is C18H23FN2O3. The van der Waals surface area contributed by atoms with Gasteiger partial charge in [-0.25, -0.2) is 4.39 Å². The molecule has 1 saturated heterocycles. The molecule has 1 saturated carbocycles. The van der Waals surface area contributed by atoms with Gasteiger partial charge in [-0.3, -0.25) is 9.59 Å². The van der Waals surface area contributed by atoms with Crippen molar-refractivity contribution in [1.82, 2.24) is 10.2 Å². The summed E-state index contributed by atoms with van der Waals surface area (Å²) in [6, 6.07) is 4.72. The number of amides is 2. The van der Waals surface area contributed by atoms with Gasteiger partial charge in [0.1, 0.15) is 5.82 Å². The molecule has 1 heterocycles. The van der Waals surface area contributed by atoms with Crippen LogP contribution in [0.4, 0.5) is 4.39 Å². The van der Waals surface area contributed by atoms with Crippen molar-refractivity contribution in [1.29, 1.82) is 0 Å². The van der Waals surface area contributed by atoms with Crippen molar-refractivity contribution in [3.8, 4) is 0 Å². The van der Waals surface area contributed by atoms with E-state index >= 15 is 0 Å². The lowest BCUT2D eigenvalue weighted by Gasteiger charge is -2.23. The number of aliphatic hydroxyl groups is 1. The highest BCUT2D eigenvalue weighted by Gasteiger charge is 2.38. The normalized spacial score (nSPS) is 21.5. The number of hydrogen-bond acceptors (Lipinski definition) is 3. The average Bonchev–Trinajstić information content (AvgIpc) is 3.23. The van der Waals surface area contributed by atoms with E-state index in [2.05, 4.69) is 5.32 Å². The molecule has 6 heteroatoms.